The zero-order valence-corrected chi connectivity index (χ0v) is 12.8. The van der Waals surface area contributed by atoms with Gasteiger partial charge in [-0.25, -0.2) is 0 Å². The normalized spacial score (nSPS) is 16.0. The van der Waals surface area contributed by atoms with Crippen molar-refractivity contribution in [1.29, 1.82) is 0 Å². The van der Waals surface area contributed by atoms with E-state index in [1.165, 1.54) is 0 Å². The first kappa shape index (κ1) is 15.1. The van der Waals surface area contributed by atoms with Gasteiger partial charge in [-0.15, -0.1) is 0 Å². The van der Waals surface area contributed by atoms with Gasteiger partial charge in [0, 0.05) is 31.4 Å². The Bertz CT molecular complexity index is 643. The average molecular weight is 303 g/mol. The summed E-state index contributed by atoms with van der Waals surface area (Å²) in [6.07, 6.45) is 0.462. The highest BCUT2D eigenvalue weighted by molar-refractivity contribution is 5.98. The molecule has 0 atom stereocenters. The van der Waals surface area contributed by atoms with Crippen LogP contribution in [-0.2, 0) is 4.74 Å². The van der Waals surface area contributed by atoms with Gasteiger partial charge in [0.1, 0.15) is 0 Å². The minimum Gasteiger partial charge on any atom is -0.490 e. The summed E-state index contributed by atoms with van der Waals surface area (Å²) in [5, 5.41) is 0.903. The molecule has 2 heterocycles. The Morgan fingerprint density at radius 1 is 1.32 bits per heavy atom. The van der Waals surface area contributed by atoms with Crippen LogP contribution in [0.5, 0.6) is 5.75 Å². The third-order valence-corrected chi connectivity index (χ3v) is 3.84. The van der Waals surface area contributed by atoms with E-state index >= 15 is 0 Å². The van der Waals surface area contributed by atoms with Crippen molar-refractivity contribution in [3.63, 3.8) is 0 Å². The Kier molecular flexibility index (Phi) is 4.75. The molecule has 0 saturated carbocycles. The Morgan fingerprint density at radius 2 is 2.14 bits per heavy atom. The van der Waals surface area contributed by atoms with Crippen molar-refractivity contribution in [3.05, 3.63) is 30.0 Å². The first-order chi connectivity index (χ1) is 10.8. The molecule has 1 aromatic carbocycles. The van der Waals surface area contributed by atoms with E-state index in [9.17, 15) is 4.79 Å². The molecule has 0 N–H and O–H groups in total. The quantitative estimate of drug-likeness (QED) is 0.768. The number of furan rings is 1. The molecule has 0 aliphatic carbocycles. The van der Waals surface area contributed by atoms with Gasteiger partial charge in [-0.3, -0.25) is 9.69 Å². The zero-order valence-electron chi connectivity index (χ0n) is 12.8. The standard InChI is InChI=1S/C17H21NO4/c1-2-21-15-5-3-4-13-12-16(22-17(13)15)14(19)6-7-18-8-10-20-11-9-18/h3-5,12H,2,6-11H2,1H3. The predicted molar refractivity (Wildman–Crippen MR) is 83.6 cm³/mol. The SMILES string of the molecule is CCOc1cccc2cc(C(=O)CCN3CCOCC3)oc12. The molecule has 118 valence electrons. The second kappa shape index (κ2) is 6.94. The first-order valence-electron chi connectivity index (χ1n) is 7.76. The fourth-order valence-corrected chi connectivity index (χ4v) is 2.65. The number of nitrogens with zero attached hydrogens (tertiary/aromatic N) is 1. The molecule has 0 spiro atoms. The topological polar surface area (TPSA) is 51.9 Å². The minimum absolute atomic E-state index is 0.0325. The molecule has 1 fully saturated rings. The Labute approximate surface area is 129 Å². The van der Waals surface area contributed by atoms with Crippen LogP contribution in [0.3, 0.4) is 0 Å². The maximum absolute atomic E-state index is 12.3. The molecule has 5 nitrogen and oxygen atoms in total. The predicted octanol–water partition coefficient (Wildman–Crippen LogP) is 2.74. The second-order valence-corrected chi connectivity index (χ2v) is 5.35. The van der Waals surface area contributed by atoms with Crippen molar-refractivity contribution in [1.82, 2.24) is 4.90 Å². The van der Waals surface area contributed by atoms with Crippen LogP contribution in [0.15, 0.2) is 28.7 Å². The van der Waals surface area contributed by atoms with Gasteiger partial charge in [0.15, 0.2) is 22.9 Å². The van der Waals surface area contributed by atoms with E-state index in [2.05, 4.69) is 4.90 Å². The van der Waals surface area contributed by atoms with Crippen LogP contribution < -0.4 is 4.74 Å². The number of para-hydroxylation sites is 1. The molecule has 2 aromatic rings. The number of morpholine rings is 1. The summed E-state index contributed by atoms with van der Waals surface area (Å²) in [6, 6.07) is 7.50. The van der Waals surface area contributed by atoms with Crippen LogP contribution in [0.25, 0.3) is 11.0 Å². The van der Waals surface area contributed by atoms with Gasteiger partial charge in [0.2, 0.25) is 0 Å². The summed E-state index contributed by atoms with van der Waals surface area (Å²) in [4.78, 5) is 14.6. The summed E-state index contributed by atoms with van der Waals surface area (Å²) in [5.74, 6) is 1.13. The Hall–Kier alpha value is -1.85. The van der Waals surface area contributed by atoms with E-state index in [-0.39, 0.29) is 5.78 Å². The maximum Gasteiger partial charge on any atom is 0.199 e. The molecular weight excluding hydrogens is 282 g/mol. The summed E-state index contributed by atoms with van der Waals surface area (Å²) >= 11 is 0. The molecule has 3 rings (SSSR count). The zero-order chi connectivity index (χ0) is 15.4. The number of Topliss-reactive ketones (excluding diaryl/α,β-unsaturated/α-hetero) is 1. The number of ketones is 1. The molecule has 1 aromatic heterocycles. The van der Waals surface area contributed by atoms with Crippen LogP contribution >= 0.6 is 0 Å². The van der Waals surface area contributed by atoms with Gasteiger partial charge in [-0.2, -0.15) is 0 Å². The van der Waals surface area contributed by atoms with E-state index < -0.39 is 0 Å². The lowest BCUT2D eigenvalue weighted by Crippen LogP contribution is -2.37. The second-order valence-electron chi connectivity index (χ2n) is 5.35. The van der Waals surface area contributed by atoms with Crippen molar-refractivity contribution in [3.8, 4) is 5.75 Å². The largest absolute Gasteiger partial charge is 0.490 e. The average Bonchev–Trinajstić information content (AvgIpc) is 2.99. The molecule has 0 amide bonds. The molecule has 0 bridgehead atoms. The lowest BCUT2D eigenvalue weighted by atomic mass is 10.2. The Morgan fingerprint density at radius 3 is 2.91 bits per heavy atom. The number of carbonyl (C=O) groups excluding carboxylic acids is 1. The van der Waals surface area contributed by atoms with Crippen LogP contribution in [-0.4, -0.2) is 50.1 Å². The van der Waals surface area contributed by atoms with E-state index in [4.69, 9.17) is 13.9 Å². The Balaban J connectivity index is 1.69. The van der Waals surface area contributed by atoms with Gasteiger partial charge < -0.3 is 13.9 Å². The van der Waals surface area contributed by atoms with E-state index in [0.29, 0.717) is 30.1 Å². The van der Waals surface area contributed by atoms with Gasteiger partial charge in [0.25, 0.3) is 0 Å². The molecule has 1 aliphatic rings. The number of hydrogen-bond acceptors (Lipinski definition) is 5. The highest BCUT2D eigenvalue weighted by Gasteiger charge is 2.17. The van der Waals surface area contributed by atoms with Crippen molar-refractivity contribution in [2.24, 2.45) is 0 Å². The third-order valence-electron chi connectivity index (χ3n) is 3.84. The van der Waals surface area contributed by atoms with Crippen LogP contribution in [0.1, 0.15) is 23.9 Å². The van der Waals surface area contributed by atoms with Gasteiger partial charge in [-0.1, -0.05) is 12.1 Å². The lowest BCUT2D eigenvalue weighted by Gasteiger charge is -2.25. The highest BCUT2D eigenvalue weighted by Crippen LogP contribution is 2.29. The maximum atomic E-state index is 12.3. The first-order valence-corrected chi connectivity index (χ1v) is 7.76. The van der Waals surface area contributed by atoms with Crippen LogP contribution in [0.4, 0.5) is 0 Å². The number of hydrogen-bond donors (Lipinski definition) is 0. The number of carbonyl (C=O) groups is 1. The summed E-state index contributed by atoms with van der Waals surface area (Å²) < 4.78 is 16.6. The number of rotatable bonds is 6. The summed E-state index contributed by atoms with van der Waals surface area (Å²) in [6.45, 7) is 6.52. The molecule has 0 radical (unpaired) electrons. The lowest BCUT2D eigenvalue weighted by molar-refractivity contribution is 0.0368. The molecular formula is C17H21NO4. The fourth-order valence-electron chi connectivity index (χ4n) is 2.65. The van der Waals surface area contributed by atoms with Crippen molar-refractivity contribution < 1.29 is 18.7 Å². The molecule has 0 unspecified atom stereocenters. The van der Waals surface area contributed by atoms with Crippen molar-refractivity contribution in [2.75, 3.05) is 39.5 Å². The van der Waals surface area contributed by atoms with E-state index in [1.54, 1.807) is 6.07 Å². The molecule has 1 saturated heterocycles. The summed E-state index contributed by atoms with van der Waals surface area (Å²) in [5.41, 5.74) is 0.652. The summed E-state index contributed by atoms with van der Waals surface area (Å²) in [7, 11) is 0. The molecule has 5 heteroatoms. The minimum atomic E-state index is 0.0325. The van der Waals surface area contributed by atoms with E-state index in [1.807, 2.05) is 25.1 Å². The van der Waals surface area contributed by atoms with Crippen molar-refractivity contribution in [2.45, 2.75) is 13.3 Å². The van der Waals surface area contributed by atoms with Gasteiger partial charge in [0.05, 0.1) is 19.8 Å². The molecule has 22 heavy (non-hydrogen) atoms. The van der Waals surface area contributed by atoms with E-state index in [0.717, 1.165) is 38.2 Å². The molecule has 1 aliphatic heterocycles. The monoisotopic (exact) mass is 303 g/mol. The van der Waals surface area contributed by atoms with Crippen molar-refractivity contribution >= 4 is 16.8 Å². The fraction of sp³-hybridized carbons (Fsp3) is 0.471. The number of benzene rings is 1. The van der Waals surface area contributed by atoms with Gasteiger partial charge in [-0.05, 0) is 19.1 Å². The number of fused-ring (bicyclic) bond motifs is 1. The van der Waals surface area contributed by atoms with Crippen LogP contribution in [0.2, 0.25) is 0 Å². The third kappa shape index (κ3) is 3.31. The number of ether oxygens (including phenoxy) is 2. The van der Waals surface area contributed by atoms with Gasteiger partial charge >= 0.3 is 0 Å². The smallest absolute Gasteiger partial charge is 0.199 e. The highest BCUT2D eigenvalue weighted by atomic mass is 16.5. The van der Waals surface area contributed by atoms with Crippen LogP contribution in [0, 0.1) is 0 Å².